The summed E-state index contributed by atoms with van der Waals surface area (Å²) in [6, 6.07) is 30.8. The lowest BCUT2D eigenvalue weighted by atomic mass is 9.88. The maximum atomic E-state index is 13.8. The molecule has 1 N–H and O–H groups in total. The van der Waals surface area contributed by atoms with Crippen LogP contribution in [0.25, 0.3) is 10.9 Å². The number of rotatable bonds is 10. The Morgan fingerprint density at radius 2 is 1.56 bits per heavy atom. The Bertz CT molecular complexity index is 1580. The van der Waals surface area contributed by atoms with Crippen LogP contribution < -0.4 is 5.32 Å². The molecule has 0 aliphatic carbocycles. The largest absolute Gasteiger partial charge is 0.356 e. The third-order valence-electron chi connectivity index (χ3n) is 6.92. The van der Waals surface area contributed by atoms with Gasteiger partial charge in [-0.25, -0.2) is 4.39 Å². The fraction of sp³-hybridized carbons (Fsp3) is 0.156. The third kappa shape index (κ3) is 6.21. The molecule has 0 fully saturated rings. The predicted octanol–water partition coefficient (Wildman–Crippen LogP) is 6.62. The van der Waals surface area contributed by atoms with Crippen molar-refractivity contribution in [2.75, 3.05) is 6.54 Å². The molecule has 0 saturated carbocycles. The number of nitrogens with one attached hydrogen (secondary N) is 1. The first kappa shape index (κ1) is 25.9. The lowest BCUT2D eigenvalue weighted by molar-refractivity contribution is -0.384. The van der Waals surface area contributed by atoms with E-state index < -0.39 is 10.8 Å². The van der Waals surface area contributed by atoms with Gasteiger partial charge < -0.3 is 9.88 Å². The summed E-state index contributed by atoms with van der Waals surface area (Å²) in [7, 11) is 0. The average Bonchev–Trinajstić information content (AvgIpc) is 3.30. The van der Waals surface area contributed by atoms with Gasteiger partial charge in [0.25, 0.3) is 5.69 Å². The molecular formula is C32H28FN3O3. The van der Waals surface area contributed by atoms with Crippen molar-refractivity contribution < 1.29 is 14.1 Å². The lowest BCUT2D eigenvalue weighted by Crippen LogP contribution is -2.27. The van der Waals surface area contributed by atoms with Gasteiger partial charge in [0.1, 0.15) is 5.82 Å². The predicted molar refractivity (Wildman–Crippen MR) is 150 cm³/mol. The normalized spacial score (nSPS) is 11.8. The molecule has 0 unspecified atom stereocenters. The molecule has 0 bridgehead atoms. The number of halogens is 1. The van der Waals surface area contributed by atoms with Crippen molar-refractivity contribution >= 4 is 22.5 Å². The van der Waals surface area contributed by atoms with Crippen molar-refractivity contribution in [2.45, 2.75) is 25.3 Å². The number of hydrogen-bond acceptors (Lipinski definition) is 3. The summed E-state index contributed by atoms with van der Waals surface area (Å²) in [5.41, 5.74) is 4.57. The first-order chi connectivity index (χ1) is 19.0. The zero-order valence-electron chi connectivity index (χ0n) is 21.3. The molecule has 1 atom stereocenters. The second-order valence-corrected chi connectivity index (χ2v) is 9.55. The fourth-order valence-electron chi connectivity index (χ4n) is 4.97. The summed E-state index contributed by atoms with van der Waals surface area (Å²) < 4.78 is 15.9. The van der Waals surface area contributed by atoms with Gasteiger partial charge in [-0.3, -0.25) is 14.9 Å². The maximum Gasteiger partial charge on any atom is 0.270 e. The Morgan fingerprint density at radius 3 is 2.23 bits per heavy atom. The van der Waals surface area contributed by atoms with Gasteiger partial charge in [0.05, 0.1) is 4.92 Å². The van der Waals surface area contributed by atoms with E-state index in [4.69, 9.17) is 0 Å². The van der Waals surface area contributed by atoms with Crippen LogP contribution in [0.5, 0.6) is 0 Å². The van der Waals surface area contributed by atoms with Crippen molar-refractivity contribution in [1.29, 1.82) is 0 Å². The zero-order chi connectivity index (χ0) is 27.2. The topological polar surface area (TPSA) is 77.2 Å². The lowest BCUT2D eigenvalue weighted by Gasteiger charge is -2.17. The van der Waals surface area contributed by atoms with E-state index in [9.17, 15) is 19.3 Å². The van der Waals surface area contributed by atoms with Gasteiger partial charge in [-0.2, -0.15) is 0 Å². The summed E-state index contributed by atoms with van der Waals surface area (Å²) in [4.78, 5) is 24.4. The van der Waals surface area contributed by atoms with Gasteiger partial charge in [0, 0.05) is 54.7 Å². The van der Waals surface area contributed by atoms with Crippen molar-refractivity contribution in [3.05, 3.63) is 148 Å². The highest BCUT2D eigenvalue weighted by Gasteiger charge is 2.24. The van der Waals surface area contributed by atoms with Crippen LogP contribution in [0.1, 0.15) is 34.6 Å². The number of fused-ring (bicyclic) bond motifs is 1. The van der Waals surface area contributed by atoms with Crippen molar-refractivity contribution in [3.63, 3.8) is 0 Å². The van der Waals surface area contributed by atoms with E-state index in [1.54, 1.807) is 24.3 Å². The highest BCUT2D eigenvalue weighted by molar-refractivity contribution is 5.88. The summed E-state index contributed by atoms with van der Waals surface area (Å²) in [6.07, 6.45) is 2.79. The average molecular weight is 522 g/mol. The molecule has 0 aliphatic heterocycles. The number of hydrogen-bond donors (Lipinski definition) is 1. The molecule has 1 aromatic heterocycles. The molecule has 6 nitrogen and oxygen atoms in total. The van der Waals surface area contributed by atoms with E-state index >= 15 is 0 Å². The summed E-state index contributed by atoms with van der Waals surface area (Å²) in [5.74, 6) is -0.939. The van der Waals surface area contributed by atoms with Crippen LogP contribution in [-0.2, 0) is 17.8 Å². The summed E-state index contributed by atoms with van der Waals surface area (Å²) in [5, 5.41) is 15.3. The minimum Gasteiger partial charge on any atom is -0.356 e. The van der Waals surface area contributed by atoms with Crippen LogP contribution in [0.3, 0.4) is 0 Å². The van der Waals surface area contributed by atoms with E-state index in [-0.39, 0.29) is 23.8 Å². The smallest absolute Gasteiger partial charge is 0.270 e. The number of aromatic nitrogens is 1. The molecule has 196 valence electrons. The first-order valence-electron chi connectivity index (χ1n) is 12.8. The molecule has 0 saturated heterocycles. The Morgan fingerprint density at radius 1 is 0.897 bits per heavy atom. The molecule has 0 spiro atoms. The zero-order valence-corrected chi connectivity index (χ0v) is 21.3. The number of non-ortho nitro benzene ring substituents is 1. The summed E-state index contributed by atoms with van der Waals surface area (Å²) in [6.45, 7) is 1.05. The van der Waals surface area contributed by atoms with Crippen molar-refractivity contribution in [3.8, 4) is 0 Å². The van der Waals surface area contributed by atoms with Crippen LogP contribution >= 0.6 is 0 Å². The second kappa shape index (κ2) is 11.7. The van der Waals surface area contributed by atoms with E-state index in [2.05, 4.69) is 5.32 Å². The molecule has 7 heteroatoms. The van der Waals surface area contributed by atoms with Crippen LogP contribution in [0.4, 0.5) is 10.1 Å². The molecular weight excluding hydrogens is 493 g/mol. The van der Waals surface area contributed by atoms with Gasteiger partial charge >= 0.3 is 0 Å². The first-order valence-corrected chi connectivity index (χ1v) is 12.8. The third-order valence-corrected chi connectivity index (χ3v) is 6.92. The molecule has 39 heavy (non-hydrogen) atoms. The highest BCUT2D eigenvalue weighted by Crippen LogP contribution is 2.37. The quantitative estimate of drug-likeness (QED) is 0.166. The van der Waals surface area contributed by atoms with E-state index in [0.717, 1.165) is 27.8 Å². The number of benzene rings is 4. The Labute approximate surface area is 225 Å². The van der Waals surface area contributed by atoms with Crippen LogP contribution in [0, 0.1) is 15.9 Å². The molecule has 5 rings (SSSR count). The molecule has 5 aromatic rings. The standard InChI is InChI=1S/C32H28FN3O3/c33-26-13-11-25(12-14-26)28(20-32(37)34-18-17-23-7-3-1-4-8-23)30-22-35(21-24-9-5-2-6-10-24)31-16-15-27(36(38)39)19-29(30)31/h1-16,19,22,28H,17-18,20-21H2,(H,34,37)/t28-/m1/s1. The molecule has 0 aliphatic rings. The summed E-state index contributed by atoms with van der Waals surface area (Å²) >= 11 is 0. The number of nitro groups is 1. The highest BCUT2D eigenvalue weighted by atomic mass is 19.1. The Kier molecular flexibility index (Phi) is 7.78. The van der Waals surface area contributed by atoms with Gasteiger partial charge in [-0.05, 0) is 46.9 Å². The van der Waals surface area contributed by atoms with Gasteiger partial charge in [-0.15, -0.1) is 0 Å². The van der Waals surface area contributed by atoms with Crippen molar-refractivity contribution in [2.24, 2.45) is 0 Å². The number of amides is 1. The second-order valence-electron chi connectivity index (χ2n) is 9.55. The number of nitrogens with zero attached hydrogens (tertiary/aromatic N) is 2. The molecule has 4 aromatic carbocycles. The molecule has 0 radical (unpaired) electrons. The number of nitro benzene ring substituents is 1. The van der Waals surface area contributed by atoms with E-state index in [1.807, 2.05) is 71.4 Å². The minimum absolute atomic E-state index is 0.0219. The molecule has 1 heterocycles. The van der Waals surface area contributed by atoms with E-state index in [1.165, 1.54) is 18.2 Å². The van der Waals surface area contributed by atoms with Crippen LogP contribution in [0.15, 0.2) is 109 Å². The number of carbonyl (C=O) groups is 1. The van der Waals surface area contributed by atoms with Gasteiger partial charge in [-0.1, -0.05) is 72.8 Å². The van der Waals surface area contributed by atoms with Crippen molar-refractivity contribution in [1.82, 2.24) is 9.88 Å². The maximum absolute atomic E-state index is 13.8. The van der Waals surface area contributed by atoms with E-state index in [0.29, 0.717) is 24.9 Å². The molecule has 1 amide bonds. The van der Waals surface area contributed by atoms with Crippen LogP contribution in [0.2, 0.25) is 0 Å². The number of carbonyl (C=O) groups excluding carboxylic acids is 1. The SMILES string of the molecule is O=C(C[C@H](c1ccc(F)cc1)c1cn(Cc2ccccc2)c2ccc([N+](=O)[O-])cc12)NCCc1ccccc1. The van der Waals surface area contributed by atoms with Gasteiger partial charge in [0.2, 0.25) is 5.91 Å². The Hall–Kier alpha value is -4.78. The van der Waals surface area contributed by atoms with Gasteiger partial charge in [0.15, 0.2) is 0 Å². The minimum atomic E-state index is -0.427. The monoisotopic (exact) mass is 521 g/mol. The Balaban J connectivity index is 1.51. The van der Waals surface area contributed by atoms with Crippen LogP contribution in [-0.4, -0.2) is 21.9 Å². The fourth-order valence-corrected chi connectivity index (χ4v) is 4.97.